The highest BCUT2D eigenvalue weighted by atomic mass is 35.5. The molecule has 164 valence electrons. The van der Waals surface area contributed by atoms with Crippen molar-refractivity contribution in [3.63, 3.8) is 0 Å². The number of nitrogens with two attached hydrogens (primary N) is 1. The van der Waals surface area contributed by atoms with Gasteiger partial charge < -0.3 is 15.1 Å². The molecule has 0 aliphatic heterocycles. The molecule has 2 aromatic heterocycles. The summed E-state index contributed by atoms with van der Waals surface area (Å²) in [5.74, 6) is 5.98. The summed E-state index contributed by atoms with van der Waals surface area (Å²) >= 11 is 12.7. The van der Waals surface area contributed by atoms with E-state index in [9.17, 15) is 14.4 Å². The first kappa shape index (κ1) is 22.6. The highest BCUT2D eigenvalue weighted by Crippen LogP contribution is 2.38. The van der Waals surface area contributed by atoms with Crippen molar-refractivity contribution in [3.05, 3.63) is 77.4 Å². The molecule has 0 saturated carbocycles. The Morgan fingerprint density at radius 2 is 1.77 bits per heavy atom. The molecular weight excluding hydrogens is 445 g/mol. The Balaban J connectivity index is 2.06. The van der Waals surface area contributed by atoms with Gasteiger partial charge in [0.05, 0.1) is 21.9 Å². The molecule has 0 bridgehead atoms. The molecule has 0 amide bonds. The van der Waals surface area contributed by atoms with Crippen LogP contribution in [-0.2, 0) is 6.42 Å². The van der Waals surface area contributed by atoms with Crippen LogP contribution in [-0.4, -0.2) is 19.0 Å². The fourth-order valence-electron chi connectivity index (χ4n) is 3.00. The molecule has 31 heavy (non-hydrogen) atoms. The maximum Gasteiger partial charge on any atom is 0.370 e. The zero-order valence-corrected chi connectivity index (χ0v) is 18.6. The van der Waals surface area contributed by atoms with Crippen molar-refractivity contribution in [2.45, 2.75) is 39.7 Å². The molecule has 3 rings (SSSR count). The van der Waals surface area contributed by atoms with Gasteiger partial charge in [-0.2, -0.15) is 14.5 Å². The molecule has 3 aromatic rings. The molecule has 1 aromatic carbocycles. The Morgan fingerprint density at radius 1 is 1.13 bits per heavy atom. The van der Waals surface area contributed by atoms with Gasteiger partial charge in [0.2, 0.25) is 0 Å². The van der Waals surface area contributed by atoms with Crippen LogP contribution in [0.1, 0.15) is 38.8 Å². The standard InChI is InChI=1S/C20H21Cl2N5O4/c1-4-5-12-6-14(10-25(11(2)3)19(12)29)31-18-15(21)7-13(8-16(18)22)27-20(30)26(23)17(28)9-24-27/h6-11H,4-5,23H2,1-3H3. The van der Waals surface area contributed by atoms with E-state index in [-0.39, 0.29) is 33.1 Å². The Hall–Kier alpha value is -3.04. The van der Waals surface area contributed by atoms with Crippen molar-refractivity contribution in [2.75, 3.05) is 5.84 Å². The second-order valence-electron chi connectivity index (χ2n) is 7.15. The van der Waals surface area contributed by atoms with Crippen LogP contribution in [0.15, 0.2) is 45.0 Å². The predicted molar refractivity (Wildman–Crippen MR) is 119 cm³/mol. The molecule has 0 unspecified atom stereocenters. The monoisotopic (exact) mass is 465 g/mol. The normalized spacial score (nSPS) is 11.2. The summed E-state index contributed by atoms with van der Waals surface area (Å²) in [5.41, 5.74) is -0.855. The minimum absolute atomic E-state index is 0.0649. The average molecular weight is 466 g/mol. The molecule has 0 aliphatic carbocycles. The average Bonchev–Trinajstić information content (AvgIpc) is 2.71. The molecule has 9 nitrogen and oxygen atoms in total. The quantitative estimate of drug-likeness (QED) is 0.559. The van der Waals surface area contributed by atoms with E-state index in [2.05, 4.69) is 5.10 Å². The van der Waals surface area contributed by atoms with Gasteiger partial charge in [-0.25, -0.2) is 4.79 Å². The topological polar surface area (TPSA) is 114 Å². The molecule has 0 aliphatic rings. The van der Waals surface area contributed by atoms with Crippen molar-refractivity contribution >= 4 is 23.2 Å². The zero-order chi connectivity index (χ0) is 22.9. The number of ether oxygens (including phenoxy) is 1. The Labute approximate surface area is 187 Å². The van der Waals surface area contributed by atoms with Crippen molar-refractivity contribution in [2.24, 2.45) is 0 Å². The SMILES string of the molecule is CCCc1cc(Oc2c(Cl)cc(-n3ncc(=O)n(N)c3=O)cc2Cl)cn(C(C)C)c1=O. The van der Waals surface area contributed by atoms with E-state index in [0.29, 0.717) is 22.4 Å². The van der Waals surface area contributed by atoms with E-state index >= 15 is 0 Å². The first-order chi connectivity index (χ1) is 14.6. The minimum Gasteiger partial charge on any atom is -0.453 e. The van der Waals surface area contributed by atoms with Gasteiger partial charge in [-0.1, -0.05) is 36.5 Å². The van der Waals surface area contributed by atoms with E-state index in [1.165, 1.54) is 12.1 Å². The van der Waals surface area contributed by atoms with Gasteiger partial charge in [0.25, 0.3) is 11.1 Å². The summed E-state index contributed by atoms with van der Waals surface area (Å²) in [4.78, 5) is 36.3. The Bertz CT molecular complexity index is 1290. The third-order valence-corrected chi connectivity index (χ3v) is 5.09. The van der Waals surface area contributed by atoms with Crippen LogP contribution in [0.5, 0.6) is 11.5 Å². The van der Waals surface area contributed by atoms with Crippen LogP contribution in [0.4, 0.5) is 0 Å². The maximum atomic E-state index is 12.6. The number of nitrogen functional groups attached to an aromatic ring is 1. The Kier molecular flexibility index (Phi) is 6.56. The summed E-state index contributed by atoms with van der Waals surface area (Å²) in [6, 6.07) is 4.42. The zero-order valence-electron chi connectivity index (χ0n) is 17.1. The fourth-order valence-corrected chi connectivity index (χ4v) is 3.55. The van der Waals surface area contributed by atoms with E-state index < -0.39 is 11.2 Å². The van der Waals surface area contributed by atoms with E-state index in [1.807, 2.05) is 20.8 Å². The lowest BCUT2D eigenvalue weighted by Crippen LogP contribution is -2.44. The smallest absolute Gasteiger partial charge is 0.370 e. The second-order valence-corrected chi connectivity index (χ2v) is 7.96. The van der Waals surface area contributed by atoms with Crippen molar-refractivity contribution < 1.29 is 4.74 Å². The number of nitrogens with zero attached hydrogens (tertiary/aromatic N) is 4. The van der Waals surface area contributed by atoms with Crippen LogP contribution < -0.4 is 27.4 Å². The van der Waals surface area contributed by atoms with Gasteiger partial charge in [-0.3, -0.25) is 9.59 Å². The maximum absolute atomic E-state index is 12.6. The van der Waals surface area contributed by atoms with E-state index in [0.717, 1.165) is 17.3 Å². The summed E-state index contributed by atoms with van der Waals surface area (Å²) in [6.45, 7) is 5.79. The second kappa shape index (κ2) is 8.99. The highest BCUT2D eigenvalue weighted by molar-refractivity contribution is 6.37. The van der Waals surface area contributed by atoms with Crippen LogP contribution >= 0.6 is 23.2 Å². The minimum atomic E-state index is -0.860. The van der Waals surface area contributed by atoms with Gasteiger partial charge in [-0.05, 0) is 38.5 Å². The number of rotatable bonds is 6. The molecular formula is C20H21Cl2N5O4. The number of hydrogen-bond donors (Lipinski definition) is 1. The van der Waals surface area contributed by atoms with Crippen molar-refractivity contribution in [1.29, 1.82) is 0 Å². The molecule has 0 atom stereocenters. The van der Waals surface area contributed by atoms with Crippen molar-refractivity contribution in [1.82, 2.24) is 19.0 Å². The Morgan fingerprint density at radius 3 is 2.35 bits per heavy atom. The summed E-state index contributed by atoms with van der Waals surface area (Å²) in [6.07, 6.45) is 3.91. The lowest BCUT2D eigenvalue weighted by Gasteiger charge is -2.16. The van der Waals surface area contributed by atoms with Gasteiger partial charge in [0.15, 0.2) is 5.75 Å². The third-order valence-electron chi connectivity index (χ3n) is 4.52. The van der Waals surface area contributed by atoms with Crippen LogP contribution in [0.25, 0.3) is 5.69 Å². The number of aromatic nitrogens is 4. The van der Waals surface area contributed by atoms with Gasteiger partial charge >= 0.3 is 5.69 Å². The molecule has 2 heterocycles. The lowest BCUT2D eigenvalue weighted by atomic mass is 10.1. The number of benzene rings is 1. The van der Waals surface area contributed by atoms with Gasteiger partial charge in [0, 0.05) is 11.6 Å². The molecule has 0 radical (unpaired) electrons. The van der Waals surface area contributed by atoms with Crippen molar-refractivity contribution in [3.8, 4) is 17.2 Å². The molecule has 11 heteroatoms. The summed E-state index contributed by atoms with van der Waals surface area (Å²) < 4.78 is 8.82. The largest absolute Gasteiger partial charge is 0.453 e. The van der Waals surface area contributed by atoms with Crippen LogP contribution in [0.2, 0.25) is 10.0 Å². The first-order valence-corrected chi connectivity index (χ1v) is 10.3. The van der Waals surface area contributed by atoms with Crippen LogP contribution in [0, 0.1) is 0 Å². The lowest BCUT2D eigenvalue weighted by molar-refractivity contribution is 0.463. The number of pyridine rings is 1. The molecule has 0 fully saturated rings. The summed E-state index contributed by atoms with van der Waals surface area (Å²) in [5, 5.41) is 3.98. The van der Waals surface area contributed by atoms with Gasteiger partial charge in [-0.15, -0.1) is 0 Å². The highest BCUT2D eigenvalue weighted by Gasteiger charge is 2.16. The molecule has 0 spiro atoms. The first-order valence-electron chi connectivity index (χ1n) is 9.52. The molecule has 0 saturated heterocycles. The fraction of sp³-hybridized carbons (Fsp3) is 0.300. The van der Waals surface area contributed by atoms with E-state index in [4.69, 9.17) is 33.8 Å². The number of halogens is 2. The van der Waals surface area contributed by atoms with E-state index in [1.54, 1.807) is 16.8 Å². The van der Waals surface area contributed by atoms with Gasteiger partial charge in [0.1, 0.15) is 11.9 Å². The third kappa shape index (κ3) is 4.52. The van der Waals surface area contributed by atoms with Crippen LogP contribution in [0.3, 0.4) is 0 Å². The number of aryl methyl sites for hydroxylation is 1. The number of hydrogen-bond acceptors (Lipinski definition) is 6. The summed E-state index contributed by atoms with van der Waals surface area (Å²) in [7, 11) is 0. The molecule has 2 N–H and O–H groups in total. The predicted octanol–water partition coefficient (Wildman–Crippen LogP) is 2.90.